The van der Waals surface area contributed by atoms with Crippen LogP contribution in [-0.2, 0) is 0 Å². The summed E-state index contributed by atoms with van der Waals surface area (Å²) in [5, 5.41) is 7.25. The van der Waals surface area contributed by atoms with Gasteiger partial charge in [-0.3, -0.25) is 0 Å². The molecule has 0 unspecified atom stereocenters. The van der Waals surface area contributed by atoms with Crippen molar-refractivity contribution in [1.29, 1.82) is 0 Å². The lowest BCUT2D eigenvalue weighted by atomic mass is 9.33. The van der Waals surface area contributed by atoms with Gasteiger partial charge in [0.15, 0.2) is 0 Å². The lowest BCUT2D eigenvalue weighted by Gasteiger charge is -2.45. The van der Waals surface area contributed by atoms with Crippen molar-refractivity contribution in [3.8, 4) is 39.3 Å². The van der Waals surface area contributed by atoms with Gasteiger partial charge >= 0.3 is 0 Å². The summed E-state index contributed by atoms with van der Waals surface area (Å²) in [7, 11) is 0. The normalized spacial score (nSPS) is 12.5. The van der Waals surface area contributed by atoms with Gasteiger partial charge in [-0.15, -0.1) is 0 Å². The third kappa shape index (κ3) is 8.35. The van der Waals surface area contributed by atoms with Gasteiger partial charge in [0.2, 0.25) is 0 Å². The van der Waals surface area contributed by atoms with Gasteiger partial charge in [0.25, 0.3) is 6.71 Å². The topological polar surface area (TPSA) is 24.5 Å². The van der Waals surface area contributed by atoms with Crippen molar-refractivity contribution in [2.75, 3.05) is 14.7 Å². The molecule has 0 radical (unpaired) electrons. The van der Waals surface area contributed by atoms with Gasteiger partial charge < -0.3 is 28.4 Å². The molecule has 0 saturated carbocycles. The third-order valence-corrected chi connectivity index (χ3v) is 20.3. The van der Waals surface area contributed by atoms with Crippen LogP contribution in [0, 0.1) is 0 Å². The Bertz CT molecular complexity index is 6020. The molecule has 0 atom stereocenters. The minimum absolute atomic E-state index is 0.232. The van der Waals surface area contributed by atoms with Crippen LogP contribution in [0.3, 0.4) is 0 Å². The zero-order valence-corrected chi connectivity index (χ0v) is 52.8. The number of benzene rings is 15. The Labute approximate surface area is 561 Å². The summed E-state index contributed by atoms with van der Waals surface area (Å²) >= 11 is 0. The van der Waals surface area contributed by atoms with Crippen LogP contribution in [0.4, 0.5) is 51.2 Å². The van der Waals surface area contributed by atoms with Crippen LogP contribution in [0.5, 0.6) is 0 Å². The first kappa shape index (κ1) is 54.7. The number of para-hydroxylation sites is 8. The highest BCUT2D eigenvalue weighted by Gasteiger charge is 2.45. The molecule has 0 aliphatic carbocycles. The van der Waals surface area contributed by atoms with Gasteiger partial charge in [-0.25, -0.2) is 0 Å². The zero-order valence-electron chi connectivity index (χ0n) is 52.8. The highest BCUT2D eigenvalue weighted by molar-refractivity contribution is 7.00. The Balaban J connectivity index is 0.935. The molecular formula is C90H59BN6. The molecule has 7 heteroatoms. The summed E-state index contributed by atoms with van der Waals surface area (Å²) in [6.07, 6.45) is 0. The first-order chi connectivity index (χ1) is 48.2. The van der Waals surface area contributed by atoms with E-state index in [0.29, 0.717) is 0 Å². The van der Waals surface area contributed by atoms with E-state index in [0.717, 1.165) is 101 Å². The molecule has 20 rings (SSSR count). The van der Waals surface area contributed by atoms with E-state index in [4.69, 9.17) is 0 Å². The van der Waals surface area contributed by atoms with Crippen molar-refractivity contribution in [2.24, 2.45) is 0 Å². The van der Waals surface area contributed by atoms with Gasteiger partial charge in [0, 0.05) is 94.9 Å². The van der Waals surface area contributed by atoms with Crippen molar-refractivity contribution >= 4 is 140 Å². The van der Waals surface area contributed by atoms with Gasteiger partial charge in [-0.05, 0) is 166 Å². The lowest BCUT2D eigenvalue weighted by Crippen LogP contribution is -2.61. The standard InChI is InChI=1S/C90H59BN6/c1-8-29-60(30-9-1)62-33-28-44-69(55-62)94-81-56-63(61-31-10-2-11-32-61)51-53-75(81)91-76-57-70(52-54-80(76)93(66-38-16-5-17-39-66)82-58-71(59-83(94)87(82)91)92(64-34-12-3-13-35-64)65-36-14-4-15-37-65)97-79-50-27-24-47-74(79)86-89-84(72-45-22-25-48-77(72)95(89)67-40-18-6-19-41-67)88-85(90(86)97)73-46-23-26-49-78(73)96(88)68-42-20-7-21-43-68/h1-59H. The second kappa shape index (κ2) is 21.9. The van der Waals surface area contributed by atoms with Gasteiger partial charge in [0.05, 0.1) is 38.8 Å². The molecular weight excluding hydrogens is 1180 g/mol. The Morgan fingerprint density at radius 1 is 0.227 bits per heavy atom. The van der Waals surface area contributed by atoms with E-state index in [-0.39, 0.29) is 6.71 Å². The van der Waals surface area contributed by atoms with Crippen LogP contribution in [0.25, 0.3) is 105 Å². The molecule has 452 valence electrons. The molecule has 2 aliphatic rings. The summed E-state index contributed by atoms with van der Waals surface area (Å²) < 4.78 is 7.69. The second-order valence-electron chi connectivity index (χ2n) is 25.5. The van der Waals surface area contributed by atoms with E-state index in [2.05, 4.69) is 386 Å². The number of nitrogens with zero attached hydrogens (tertiary/aromatic N) is 6. The first-order valence-electron chi connectivity index (χ1n) is 33.4. The minimum Gasteiger partial charge on any atom is -0.311 e. The highest BCUT2D eigenvalue weighted by atomic mass is 15.2. The van der Waals surface area contributed by atoms with Gasteiger partial charge in [0.1, 0.15) is 0 Å². The van der Waals surface area contributed by atoms with Crippen LogP contribution in [-0.4, -0.2) is 20.4 Å². The molecule has 0 amide bonds. The molecule has 0 fully saturated rings. The predicted octanol–water partition coefficient (Wildman–Crippen LogP) is 21.9. The summed E-state index contributed by atoms with van der Waals surface area (Å²) in [6.45, 7) is -0.232. The summed E-state index contributed by atoms with van der Waals surface area (Å²) in [4.78, 5) is 7.55. The van der Waals surface area contributed by atoms with Crippen LogP contribution in [0.2, 0.25) is 0 Å². The van der Waals surface area contributed by atoms with Crippen LogP contribution in [0.15, 0.2) is 358 Å². The molecule has 6 nitrogen and oxygen atoms in total. The monoisotopic (exact) mass is 1230 g/mol. The van der Waals surface area contributed by atoms with Crippen molar-refractivity contribution < 1.29 is 0 Å². The molecule has 18 aromatic rings. The largest absolute Gasteiger partial charge is 0.311 e. The van der Waals surface area contributed by atoms with Crippen molar-refractivity contribution in [1.82, 2.24) is 13.7 Å². The Morgan fingerprint density at radius 2 is 0.619 bits per heavy atom. The number of fused-ring (bicyclic) bond motifs is 16. The van der Waals surface area contributed by atoms with Crippen LogP contribution in [0.1, 0.15) is 0 Å². The number of rotatable bonds is 10. The van der Waals surface area contributed by atoms with Crippen molar-refractivity contribution in [3.05, 3.63) is 358 Å². The quantitative estimate of drug-likeness (QED) is 0.128. The van der Waals surface area contributed by atoms with Crippen LogP contribution < -0.4 is 31.1 Å². The molecule has 0 N–H and O–H groups in total. The fraction of sp³-hybridized carbons (Fsp3) is 0. The van der Waals surface area contributed by atoms with Crippen LogP contribution >= 0.6 is 0 Å². The van der Waals surface area contributed by atoms with E-state index in [1.807, 2.05) is 0 Å². The van der Waals surface area contributed by atoms with Crippen molar-refractivity contribution in [2.45, 2.75) is 0 Å². The summed E-state index contributed by atoms with van der Waals surface area (Å²) in [5.41, 5.74) is 28.4. The zero-order chi connectivity index (χ0) is 63.7. The molecule has 0 spiro atoms. The Hall–Kier alpha value is -12.8. The predicted molar refractivity (Wildman–Crippen MR) is 409 cm³/mol. The van der Waals surface area contributed by atoms with Crippen molar-refractivity contribution in [3.63, 3.8) is 0 Å². The summed E-state index contributed by atoms with van der Waals surface area (Å²) in [5.74, 6) is 0. The molecule has 0 bridgehead atoms. The maximum absolute atomic E-state index is 2.62. The first-order valence-corrected chi connectivity index (χ1v) is 33.4. The second-order valence-corrected chi connectivity index (χ2v) is 25.5. The van der Waals surface area contributed by atoms with E-state index >= 15 is 0 Å². The maximum atomic E-state index is 2.62. The average Bonchev–Trinajstić information content (AvgIpc) is 1.50. The number of hydrogen-bond donors (Lipinski definition) is 0. The highest BCUT2D eigenvalue weighted by Crippen LogP contribution is 2.53. The van der Waals surface area contributed by atoms with Gasteiger partial charge in [-0.1, -0.05) is 231 Å². The lowest BCUT2D eigenvalue weighted by molar-refractivity contribution is 1.17. The Kier molecular flexibility index (Phi) is 12.3. The molecule has 3 aromatic heterocycles. The van der Waals surface area contributed by atoms with E-state index in [1.54, 1.807) is 0 Å². The summed E-state index contributed by atoms with van der Waals surface area (Å²) in [6, 6.07) is 132. The molecule has 0 saturated heterocycles. The van der Waals surface area contributed by atoms with E-state index in [9.17, 15) is 0 Å². The molecule has 15 aromatic carbocycles. The molecule has 2 aliphatic heterocycles. The Morgan fingerprint density at radius 3 is 1.11 bits per heavy atom. The number of anilines is 9. The minimum atomic E-state index is -0.232. The smallest absolute Gasteiger partial charge is 0.252 e. The van der Waals surface area contributed by atoms with E-state index < -0.39 is 0 Å². The number of aromatic nitrogens is 3. The van der Waals surface area contributed by atoms with Gasteiger partial charge in [-0.2, -0.15) is 0 Å². The molecule has 5 heterocycles. The fourth-order valence-electron chi connectivity index (χ4n) is 16.3. The maximum Gasteiger partial charge on any atom is 0.252 e. The average molecular weight is 1240 g/mol. The number of hydrogen-bond acceptors (Lipinski definition) is 3. The molecule has 97 heavy (non-hydrogen) atoms. The SMILES string of the molecule is c1ccc(-c2cccc(N3c4cc(-c5ccccc5)ccc4B4c5cc(-n6c7ccccc7c7c8c(c9ccccc9n8-c8ccccc8)c8c(c9ccccc9n8-c8ccccc8)c76)ccc5N(c5ccccc5)c5cc(N(c6ccccc6)c6ccccc6)cc3c54)c2)cc1. The third-order valence-electron chi connectivity index (χ3n) is 20.3. The van der Waals surface area contributed by atoms with E-state index in [1.165, 1.54) is 70.8 Å². The fourth-order valence-corrected chi connectivity index (χ4v) is 16.3.